The Morgan fingerprint density at radius 1 is 1.26 bits per heavy atom. The van der Waals surface area contributed by atoms with E-state index in [4.69, 9.17) is 13.7 Å². The van der Waals surface area contributed by atoms with Crippen molar-refractivity contribution >= 4 is 16.9 Å². The summed E-state index contributed by atoms with van der Waals surface area (Å²) >= 11 is 0. The minimum atomic E-state index is -0.0932. The molecule has 0 bridgehead atoms. The van der Waals surface area contributed by atoms with Crippen LogP contribution in [-0.2, 0) is 24.2 Å². The van der Waals surface area contributed by atoms with Crippen molar-refractivity contribution < 1.29 is 18.5 Å². The Bertz CT molecular complexity index is 966. The maximum Gasteiger partial charge on any atom is 0.260 e. The molecule has 6 nitrogen and oxygen atoms in total. The van der Waals surface area contributed by atoms with Crippen LogP contribution in [0.25, 0.3) is 11.0 Å². The summed E-state index contributed by atoms with van der Waals surface area (Å²) in [6.07, 6.45) is 4.43. The first kappa shape index (κ1) is 17.6. The Labute approximate surface area is 158 Å². The lowest BCUT2D eigenvalue weighted by Crippen LogP contribution is -2.31. The first-order valence-corrected chi connectivity index (χ1v) is 9.35. The summed E-state index contributed by atoms with van der Waals surface area (Å²) in [4.78, 5) is 14.1. The van der Waals surface area contributed by atoms with Crippen LogP contribution in [0.3, 0.4) is 0 Å². The predicted octanol–water partition coefficient (Wildman–Crippen LogP) is 3.95. The average molecular weight is 368 g/mol. The van der Waals surface area contributed by atoms with Gasteiger partial charge in [0.1, 0.15) is 22.9 Å². The van der Waals surface area contributed by atoms with Crippen molar-refractivity contribution in [3.8, 4) is 5.75 Å². The topological polar surface area (TPSA) is 68.7 Å². The third kappa shape index (κ3) is 3.44. The lowest BCUT2D eigenvalue weighted by Gasteiger charge is -2.17. The second-order valence-corrected chi connectivity index (χ2v) is 7.21. The number of benzene rings is 1. The van der Waals surface area contributed by atoms with Gasteiger partial charge in [-0.3, -0.25) is 4.79 Å². The summed E-state index contributed by atoms with van der Waals surface area (Å²) in [5, 5.41) is 5.04. The van der Waals surface area contributed by atoms with Crippen LogP contribution in [0.5, 0.6) is 5.75 Å². The van der Waals surface area contributed by atoms with Gasteiger partial charge in [0.25, 0.3) is 5.91 Å². The van der Waals surface area contributed by atoms with Crippen LogP contribution in [0, 0.1) is 13.8 Å². The minimum Gasteiger partial charge on any atom is -0.484 e. The normalized spacial score (nSPS) is 13.6. The number of hydrogen-bond donors (Lipinski definition) is 0. The molecule has 1 amide bonds. The van der Waals surface area contributed by atoms with E-state index in [-0.39, 0.29) is 12.5 Å². The molecular formula is C21H24N2O4. The molecule has 2 aromatic heterocycles. The van der Waals surface area contributed by atoms with E-state index in [9.17, 15) is 4.79 Å². The highest BCUT2D eigenvalue weighted by atomic mass is 16.5. The number of aryl methyl sites for hydroxylation is 4. The van der Waals surface area contributed by atoms with Gasteiger partial charge in [0.15, 0.2) is 6.61 Å². The molecule has 6 heteroatoms. The molecule has 3 aromatic rings. The molecule has 2 heterocycles. The first-order valence-electron chi connectivity index (χ1n) is 9.35. The van der Waals surface area contributed by atoms with Crippen LogP contribution < -0.4 is 4.74 Å². The quantitative estimate of drug-likeness (QED) is 0.682. The van der Waals surface area contributed by atoms with E-state index in [2.05, 4.69) is 5.16 Å². The largest absolute Gasteiger partial charge is 0.484 e. The van der Waals surface area contributed by atoms with Gasteiger partial charge in [-0.05, 0) is 51.3 Å². The standard InChI is InChI=1S/C21H24N2O4/c1-13-18(14(2)27-22-13)11-23(3)21(24)12-25-15-8-9-20-17(10-15)16-6-4-5-7-19(16)26-20/h8-10H,4-7,11-12H2,1-3H3. The number of hydrogen-bond acceptors (Lipinski definition) is 5. The number of ether oxygens (including phenoxy) is 1. The molecule has 0 fully saturated rings. The van der Waals surface area contributed by atoms with E-state index < -0.39 is 0 Å². The summed E-state index contributed by atoms with van der Waals surface area (Å²) in [6.45, 7) is 4.18. The third-order valence-electron chi connectivity index (χ3n) is 5.29. The predicted molar refractivity (Wildman–Crippen MR) is 101 cm³/mol. The molecule has 0 unspecified atom stereocenters. The van der Waals surface area contributed by atoms with Crippen LogP contribution in [0.2, 0.25) is 0 Å². The summed E-state index contributed by atoms with van der Waals surface area (Å²) < 4.78 is 16.9. The van der Waals surface area contributed by atoms with Gasteiger partial charge < -0.3 is 18.6 Å². The molecule has 0 N–H and O–H groups in total. The van der Waals surface area contributed by atoms with E-state index in [1.165, 1.54) is 18.4 Å². The molecule has 0 atom stereocenters. The molecule has 1 aromatic carbocycles. The fraction of sp³-hybridized carbons (Fsp3) is 0.429. The van der Waals surface area contributed by atoms with Crippen LogP contribution in [0.15, 0.2) is 27.1 Å². The van der Waals surface area contributed by atoms with E-state index in [1.807, 2.05) is 32.0 Å². The number of fused-ring (bicyclic) bond motifs is 3. The zero-order chi connectivity index (χ0) is 19.0. The molecule has 0 saturated heterocycles. The molecule has 1 aliphatic carbocycles. The number of furan rings is 1. The monoisotopic (exact) mass is 368 g/mol. The Kier molecular flexibility index (Phi) is 4.64. The Morgan fingerprint density at radius 2 is 2.07 bits per heavy atom. The molecule has 1 aliphatic rings. The molecule has 27 heavy (non-hydrogen) atoms. The molecule has 0 radical (unpaired) electrons. The van der Waals surface area contributed by atoms with Crippen molar-refractivity contribution in [2.75, 3.05) is 13.7 Å². The van der Waals surface area contributed by atoms with Crippen LogP contribution in [-0.4, -0.2) is 29.6 Å². The summed E-state index contributed by atoms with van der Waals surface area (Å²) in [5.74, 6) is 2.44. The second-order valence-electron chi connectivity index (χ2n) is 7.21. The molecule has 142 valence electrons. The Hall–Kier alpha value is -2.76. The zero-order valence-corrected chi connectivity index (χ0v) is 16.0. The van der Waals surface area contributed by atoms with Crippen LogP contribution >= 0.6 is 0 Å². The van der Waals surface area contributed by atoms with Gasteiger partial charge in [-0.1, -0.05) is 5.16 Å². The number of carbonyl (C=O) groups is 1. The first-order chi connectivity index (χ1) is 13.0. The highest BCUT2D eigenvalue weighted by molar-refractivity contribution is 5.84. The van der Waals surface area contributed by atoms with Crippen molar-refractivity contribution in [2.24, 2.45) is 0 Å². The number of nitrogens with zero attached hydrogens (tertiary/aromatic N) is 2. The number of rotatable bonds is 5. The second kappa shape index (κ2) is 7.10. The summed E-state index contributed by atoms with van der Waals surface area (Å²) in [6, 6.07) is 5.78. The highest BCUT2D eigenvalue weighted by Crippen LogP contribution is 2.33. The van der Waals surface area contributed by atoms with Gasteiger partial charge in [-0.15, -0.1) is 0 Å². The van der Waals surface area contributed by atoms with Gasteiger partial charge in [-0.2, -0.15) is 0 Å². The van der Waals surface area contributed by atoms with E-state index in [0.29, 0.717) is 12.3 Å². The van der Waals surface area contributed by atoms with Crippen molar-refractivity contribution in [2.45, 2.75) is 46.1 Å². The lowest BCUT2D eigenvalue weighted by molar-refractivity contribution is -0.132. The van der Waals surface area contributed by atoms with Gasteiger partial charge >= 0.3 is 0 Å². The van der Waals surface area contributed by atoms with Crippen molar-refractivity contribution in [3.63, 3.8) is 0 Å². The van der Waals surface area contributed by atoms with Crippen LogP contribution in [0.4, 0.5) is 0 Å². The van der Waals surface area contributed by atoms with Crippen LogP contribution in [0.1, 0.15) is 41.2 Å². The molecule has 4 rings (SSSR count). The van der Waals surface area contributed by atoms with E-state index in [1.54, 1.807) is 11.9 Å². The fourth-order valence-corrected chi connectivity index (χ4v) is 3.64. The fourth-order valence-electron chi connectivity index (χ4n) is 3.64. The maximum atomic E-state index is 12.4. The highest BCUT2D eigenvalue weighted by Gasteiger charge is 2.19. The van der Waals surface area contributed by atoms with Crippen molar-refractivity contribution in [1.82, 2.24) is 10.1 Å². The summed E-state index contributed by atoms with van der Waals surface area (Å²) in [5.41, 5.74) is 3.94. The maximum absolute atomic E-state index is 12.4. The molecule has 0 aliphatic heterocycles. The van der Waals surface area contributed by atoms with Crippen molar-refractivity contribution in [3.05, 3.63) is 46.5 Å². The van der Waals surface area contributed by atoms with Crippen molar-refractivity contribution in [1.29, 1.82) is 0 Å². The number of aromatic nitrogens is 1. The lowest BCUT2D eigenvalue weighted by atomic mass is 9.96. The van der Waals surface area contributed by atoms with Gasteiger partial charge in [0.05, 0.1) is 12.2 Å². The third-order valence-corrected chi connectivity index (χ3v) is 5.29. The molecule has 0 saturated carbocycles. The molecular weight excluding hydrogens is 344 g/mol. The average Bonchev–Trinajstić information content (AvgIpc) is 3.20. The van der Waals surface area contributed by atoms with Gasteiger partial charge in [-0.25, -0.2) is 0 Å². The SMILES string of the molecule is Cc1noc(C)c1CN(C)C(=O)COc1ccc2oc3c(c2c1)CCCC3. The number of likely N-dealkylation sites (N-methyl/N-ethyl adjacent to an activating group) is 1. The van der Waals surface area contributed by atoms with E-state index in [0.717, 1.165) is 46.6 Å². The number of carbonyl (C=O) groups excluding carboxylic acids is 1. The minimum absolute atomic E-state index is 0.00851. The van der Waals surface area contributed by atoms with Gasteiger partial charge in [0.2, 0.25) is 0 Å². The van der Waals surface area contributed by atoms with E-state index >= 15 is 0 Å². The summed E-state index contributed by atoms with van der Waals surface area (Å²) in [7, 11) is 1.76. The van der Waals surface area contributed by atoms with Gasteiger partial charge in [0, 0.05) is 30.0 Å². The number of amides is 1. The Morgan fingerprint density at radius 3 is 2.85 bits per heavy atom. The molecule has 0 spiro atoms. The zero-order valence-electron chi connectivity index (χ0n) is 16.0. The smallest absolute Gasteiger partial charge is 0.260 e. The Balaban J connectivity index is 1.42.